The molecule has 1 aromatic heterocycles. The second-order valence-electron chi connectivity index (χ2n) is 8.50. The molecule has 0 radical (unpaired) electrons. The van der Waals surface area contributed by atoms with Crippen molar-refractivity contribution in [1.82, 2.24) is 18.8 Å². The SMILES string of the molecule is COc1ccc(S(=O)(=O)N2CCN(C(=O)C(C(C)C)n3cnc4cc(F)c(F)cc43)CC2)cc1. The van der Waals surface area contributed by atoms with Crippen molar-refractivity contribution >= 4 is 27.0 Å². The number of carbonyl (C=O) groups excluding carboxylic acids is 1. The fourth-order valence-corrected chi connectivity index (χ4v) is 5.62. The Morgan fingerprint density at radius 2 is 1.65 bits per heavy atom. The number of hydrogen-bond donors (Lipinski definition) is 0. The Morgan fingerprint density at radius 3 is 2.24 bits per heavy atom. The Hall–Kier alpha value is -3.05. The molecule has 1 amide bonds. The van der Waals surface area contributed by atoms with E-state index in [0.29, 0.717) is 11.3 Å². The number of halogens is 2. The number of amides is 1. The first-order valence-corrected chi connectivity index (χ1v) is 12.3. The summed E-state index contributed by atoms with van der Waals surface area (Å²) in [5.41, 5.74) is 0.583. The van der Waals surface area contributed by atoms with Crippen LogP contribution in [0.2, 0.25) is 0 Å². The molecule has 1 aliphatic heterocycles. The van der Waals surface area contributed by atoms with Crippen LogP contribution in [0.3, 0.4) is 0 Å². The van der Waals surface area contributed by atoms with E-state index in [4.69, 9.17) is 4.74 Å². The van der Waals surface area contributed by atoms with Gasteiger partial charge in [-0.05, 0) is 30.2 Å². The highest BCUT2D eigenvalue weighted by Crippen LogP contribution is 2.28. The Balaban J connectivity index is 1.52. The van der Waals surface area contributed by atoms with Crippen LogP contribution in [0.1, 0.15) is 19.9 Å². The summed E-state index contributed by atoms with van der Waals surface area (Å²) in [6.07, 6.45) is 1.41. The predicted molar refractivity (Wildman–Crippen MR) is 122 cm³/mol. The van der Waals surface area contributed by atoms with Crippen LogP contribution in [0.4, 0.5) is 8.78 Å². The van der Waals surface area contributed by atoms with E-state index in [0.717, 1.165) is 12.1 Å². The highest BCUT2D eigenvalue weighted by atomic mass is 32.2. The molecule has 0 N–H and O–H groups in total. The number of piperazine rings is 1. The van der Waals surface area contributed by atoms with Gasteiger partial charge in [0, 0.05) is 38.3 Å². The van der Waals surface area contributed by atoms with E-state index in [1.165, 1.54) is 29.9 Å². The summed E-state index contributed by atoms with van der Waals surface area (Å²) in [5, 5.41) is 0. The number of sulfonamides is 1. The summed E-state index contributed by atoms with van der Waals surface area (Å²) in [7, 11) is -2.20. The largest absolute Gasteiger partial charge is 0.497 e. The number of nitrogens with zero attached hydrogens (tertiary/aromatic N) is 4. The van der Waals surface area contributed by atoms with E-state index < -0.39 is 27.7 Å². The average Bonchev–Trinajstić information content (AvgIpc) is 3.21. The van der Waals surface area contributed by atoms with Gasteiger partial charge in [-0.3, -0.25) is 4.79 Å². The number of ether oxygens (including phenoxy) is 1. The molecule has 2 aromatic carbocycles. The second-order valence-corrected chi connectivity index (χ2v) is 10.4. The normalized spacial score (nSPS) is 16.2. The molecule has 1 aliphatic rings. The number of hydrogen-bond acceptors (Lipinski definition) is 5. The quantitative estimate of drug-likeness (QED) is 0.528. The van der Waals surface area contributed by atoms with Gasteiger partial charge in [0.05, 0.1) is 29.4 Å². The summed E-state index contributed by atoms with van der Waals surface area (Å²) in [5.74, 6) is -1.84. The molecule has 4 rings (SSSR count). The average molecular weight is 493 g/mol. The first-order valence-electron chi connectivity index (χ1n) is 10.9. The maximum absolute atomic E-state index is 13.9. The zero-order valence-electron chi connectivity index (χ0n) is 19.1. The summed E-state index contributed by atoms with van der Waals surface area (Å²) < 4.78 is 61.5. The number of methoxy groups -OCH3 is 1. The Morgan fingerprint density at radius 1 is 1.03 bits per heavy atom. The van der Waals surface area contributed by atoms with Crippen LogP contribution in [0.25, 0.3) is 11.0 Å². The Labute approximate surface area is 196 Å². The van der Waals surface area contributed by atoms with Crippen LogP contribution in [-0.2, 0) is 14.8 Å². The molecule has 1 saturated heterocycles. The van der Waals surface area contributed by atoms with Crippen molar-refractivity contribution in [3.63, 3.8) is 0 Å². The molecule has 1 unspecified atom stereocenters. The van der Waals surface area contributed by atoms with E-state index in [1.807, 2.05) is 13.8 Å². The van der Waals surface area contributed by atoms with Crippen molar-refractivity contribution in [3.05, 3.63) is 54.4 Å². The molecule has 8 nitrogen and oxygen atoms in total. The maximum Gasteiger partial charge on any atom is 0.246 e. The van der Waals surface area contributed by atoms with E-state index in [9.17, 15) is 22.0 Å². The maximum atomic E-state index is 13.9. The molecule has 1 atom stereocenters. The lowest BCUT2D eigenvalue weighted by Gasteiger charge is -2.37. The van der Waals surface area contributed by atoms with Gasteiger partial charge in [-0.15, -0.1) is 0 Å². The van der Waals surface area contributed by atoms with Crippen LogP contribution >= 0.6 is 0 Å². The first kappa shape index (κ1) is 24.1. The van der Waals surface area contributed by atoms with E-state index in [2.05, 4.69) is 4.98 Å². The lowest BCUT2D eigenvalue weighted by Crippen LogP contribution is -2.52. The van der Waals surface area contributed by atoms with Crippen molar-refractivity contribution in [2.45, 2.75) is 24.8 Å². The predicted octanol–water partition coefficient (Wildman–Crippen LogP) is 3.05. The minimum Gasteiger partial charge on any atom is -0.497 e. The highest BCUT2D eigenvalue weighted by Gasteiger charge is 2.35. The third-order valence-corrected chi connectivity index (χ3v) is 7.96. The zero-order chi connectivity index (χ0) is 24.6. The number of fused-ring (bicyclic) bond motifs is 1. The highest BCUT2D eigenvalue weighted by molar-refractivity contribution is 7.89. The van der Waals surface area contributed by atoms with Crippen LogP contribution in [0.5, 0.6) is 5.75 Å². The minimum absolute atomic E-state index is 0.148. The first-order chi connectivity index (χ1) is 16.1. The van der Waals surface area contributed by atoms with Crippen LogP contribution in [-0.4, -0.2) is 66.4 Å². The van der Waals surface area contributed by atoms with Gasteiger partial charge < -0.3 is 14.2 Å². The molecule has 182 valence electrons. The number of aromatic nitrogens is 2. The van der Waals surface area contributed by atoms with E-state index >= 15 is 0 Å². The van der Waals surface area contributed by atoms with Gasteiger partial charge >= 0.3 is 0 Å². The van der Waals surface area contributed by atoms with Crippen LogP contribution < -0.4 is 4.74 Å². The molecule has 0 aliphatic carbocycles. The molecule has 11 heteroatoms. The summed E-state index contributed by atoms with van der Waals surface area (Å²) in [6, 6.07) is 7.51. The number of rotatable bonds is 6. The second kappa shape index (κ2) is 9.30. The molecule has 0 bridgehead atoms. The van der Waals surface area contributed by atoms with Crippen LogP contribution in [0, 0.1) is 17.6 Å². The van der Waals surface area contributed by atoms with Crippen molar-refractivity contribution in [2.24, 2.45) is 5.92 Å². The molecule has 3 aromatic rings. The van der Waals surface area contributed by atoms with Gasteiger partial charge in [-0.2, -0.15) is 4.31 Å². The smallest absolute Gasteiger partial charge is 0.246 e. The van der Waals surface area contributed by atoms with E-state index in [-0.39, 0.29) is 48.4 Å². The topological polar surface area (TPSA) is 84.7 Å². The molecule has 2 heterocycles. The van der Waals surface area contributed by atoms with Gasteiger partial charge in [-0.1, -0.05) is 13.8 Å². The minimum atomic E-state index is -3.71. The summed E-state index contributed by atoms with van der Waals surface area (Å²) in [4.78, 5) is 19.4. The molecular weight excluding hydrogens is 466 g/mol. The standard InChI is InChI=1S/C23H26F2N4O4S/c1-15(2)22(29-14-26-20-12-18(24)19(25)13-21(20)29)23(30)27-8-10-28(11-9-27)34(31,32)17-6-4-16(33-3)5-7-17/h4-7,12-15,22H,8-11H2,1-3H3. The molecule has 0 saturated carbocycles. The zero-order valence-corrected chi connectivity index (χ0v) is 19.9. The number of imidazole rings is 1. The van der Waals surface area contributed by atoms with Gasteiger partial charge in [0.15, 0.2) is 11.6 Å². The van der Waals surface area contributed by atoms with E-state index in [1.54, 1.807) is 21.6 Å². The van der Waals surface area contributed by atoms with Crippen molar-refractivity contribution in [2.75, 3.05) is 33.3 Å². The van der Waals surface area contributed by atoms with Gasteiger partial charge in [0.1, 0.15) is 11.8 Å². The number of carbonyl (C=O) groups is 1. The Kier molecular flexibility index (Phi) is 6.59. The fraction of sp³-hybridized carbons (Fsp3) is 0.391. The molecule has 0 spiro atoms. The third kappa shape index (κ3) is 4.37. The monoisotopic (exact) mass is 492 g/mol. The summed E-state index contributed by atoms with van der Waals surface area (Å²) in [6.45, 7) is 4.45. The molecular formula is C23H26F2N4O4S. The van der Waals surface area contributed by atoms with Crippen LogP contribution in [0.15, 0.2) is 47.6 Å². The molecule has 1 fully saturated rings. The van der Waals surface area contributed by atoms with Gasteiger partial charge in [0.25, 0.3) is 0 Å². The van der Waals surface area contributed by atoms with Gasteiger partial charge in [-0.25, -0.2) is 22.2 Å². The van der Waals surface area contributed by atoms with Crippen molar-refractivity contribution < 1.29 is 26.7 Å². The van der Waals surface area contributed by atoms with Gasteiger partial charge in [0.2, 0.25) is 15.9 Å². The lowest BCUT2D eigenvalue weighted by atomic mass is 10.0. The lowest BCUT2D eigenvalue weighted by molar-refractivity contribution is -0.137. The third-order valence-electron chi connectivity index (χ3n) is 6.05. The van der Waals surface area contributed by atoms with Crippen molar-refractivity contribution in [1.29, 1.82) is 0 Å². The molecule has 34 heavy (non-hydrogen) atoms. The fourth-order valence-electron chi connectivity index (χ4n) is 4.20. The summed E-state index contributed by atoms with van der Waals surface area (Å²) >= 11 is 0. The number of benzene rings is 2. The Bertz CT molecular complexity index is 1300. The van der Waals surface area contributed by atoms with Crippen molar-refractivity contribution in [3.8, 4) is 5.75 Å².